The van der Waals surface area contributed by atoms with Crippen LogP contribution in [-0.4, -0.2) is 25.9 Å². The highest BCUT2D eigenvalue weighted by Crippen LogP contribution is 2.35. The van der Waals surface area contributed by atoms with Crippen LogP contribution in [0.5, 0.6) is 0 Å². The number of carbonyl (C=O) groups is 1. The molecule has 36 heavy (non-hydrogen) atoms. The van der Waals surface area contributed by atoms with E-state index in [1.54, 1.807) is 0 Å². The Kier molecular flexibility index (Phi) is 8.83. The summed E-state index contributed by atoms with van der Waals surface area (Å²) < 4.78 is 0. The number of hydrogen-bond acceptors (Lipinski definition) is 5. The van der Waals surface area contributed by atoms with Crippen molar-refractivity contribution in [2.75, 3.05) is 0 Å². The minimum absolute atomic E-state index is 0.0404. The largest absolute Gasteiger partial charge is 0.392 e. The molecule has 0 fully saturated rings. The maximum absolute atomic E-state index is 11.9. The normalized spacial score (nSPS) is 15.1. The van der Waals surface area contributed by atoms with E-state index in [2.05, 4.69) is 48.3 Å². The van der Waals surface area contributed by atoms with Gasteiger partial charge in [-0.25, -0.2) is 0 Å². The molecule has 4 rings (SSSR count). The third-order valence-electron chi connectivity index (χ3n) is 7.06. The molecule has 0 spiro atoms. The first kappa shape index (κ1) is 26.0. The zero-order valence-electron chi connectivity index (χ0n) is 21.8. The number of aliphatic hydroxyl groups is 1. The number of amides is 1. The summed E-state index contributed by atoms with van der Waals surface area (Å²) in [4.78, 5) is 23.9. The first-order chi connectivity index (χ1) is 17.5. The summed E-state index contributed by atoms with van der Waals surface area (Å²) in [5, 5.41) is 13.2. The number of aromatic nitrogens is 2. The molecule has 1 atom stereocenters. The molecule has 1 amide bonds. The average Bonchev–Trinajstić information content (AvgIpc) is 2.89. The summed E-state index contributed by atoms with van der Waals surface area (Å²) in [6, 6.07) is 12.8. The highest BCUT2D eigenvalue weighted by Gasteiger charge is 2.28. The predicted octanol–water partition coefficient (Wildman–Crippen LogP) is 5.08. The maximum Gasteiger partial charge on any atom is 0.220 e. The van der Waals surface area contributed by atoms with Crippen molar-refractivity contribution < 1.29 is 9.90 Å². The van der Waals surface area contributed by atoms with Crippen LogP contribution in [0, 0.1) is 13.8 Å². The molecule has 0 saturated carbocycles. The van der Waals surface area contributed by atoms with Crippen molar-refractivity contribution in [2.45, 2.75) is 85.2 Å². The number of nitrogens with zero attached hydrogens (tertiary/aromatic N) is 3. The fourth-order valence-electron chi connectivity index (χ4n) is 5.14. The number of pyridine rings is 2. The lowest BCUT2D eigenvalue weighted by Crippen LogP contribution is -2.32. The molecule has 2 aromatic heterocycles. The topological polar surface area (TPSA) is 78.4 Å². The van der Waals surface area contributed by atoms with Gasteiger partial charge in [0.05, 0.1) is 24.0 Å². The van der Waals surface area contributed by atoms with Crippen molar-refractivity contribution in [3.8, 4) is 0 Å². The second-order valence-electron chi connectivity index (χ2n) is 9.92. The van der Waals surface area contributed by atoms with Gasteiger partial charge in [0.15, 0.2) is 0 Å². The van der Waals surface area contributed by atoms with Crippen molar-refractivity contribution in [3.63, 3.8) is 0 Å². The van der Waals surface area contributed by atoms with E-state index in [-0.39, 0.29) is 18.6 Å². The molecule has 190 valence electrons. The van der Waals surface area contributed by atoms with Gasteiger partial charge in [-0.3, -0.25) is 19.7 Å². The van der Waals surface area contributed by atoms with Gasteiger partial charge in [-0.15, -0.1) is 0 Å². The van der Waals surface area contributed by atoms with Gasteiger partial charge in [0.2, 0.25) is 5.91 Å². The first-order valence-electron chi connectivity index (χ1n) is 13.1. The third-order valence-corrected chi connectivity index (χ3v) is 7.06. The number of hydrogen-bond donors (Lipinski definition) is 2. The lowest BCUT2D eigenvalue weighted by Gasteiger charge is -2.35. The number of aliphatic hydroxyl groups excluding tert-OH is 1. The fraction of sp³-hybridized carbons (Fsp3) is 0.433. The van der Waals surface area contributed by atoms with E-state index in [0.29, 0.717) is 26.1 Å². The molecule has 1 aliphatic rings. The van der Waals surface area contributed by atoms with E-state index in [1.807, 2.05) is 31.5 Å². The van der Waals surface area contributed by atoms with E-state index >= 15 is 0 Å². The Morgan fingerprint density at radius 2 is 2.00 bits per heavy atom. The van der Waals surface area contributed by atoms with Crippen molar-refractivity contribution in [1.29, 1.82) is 0 Å². The van der Waals surface area contributed by atoms with Gasteiger partial charge in [0.1, 0.15) is 0 Å². The SMILES string of the molecule is CCCC(=O)NCc1ccc(CN(Cc2ncc(C)cc2C)C2CCCc3cccnc32)c(CO)c1. The van der Waals surface area contributed by atoms with E-state index in [1.165, 1.54) is 11.1 Å². The molecule has 1 aromatic carbocycles. The van der Waals surface area contributed by atoms with E-state index in [9.17, 15) is 9.90 Å². The molecule has 2 N–H and O–H groups in total. The van der Waals surface area contributed by atoms with E-state index in [0.717, 1.165) is 59.3 Å². The van der Waals surface area contributed by atoms with Gasteiger partial charge in [-0.2, -0.15) is 0 Å². The van der Waals surface area contributed by atoms with Crippen LogP contribution < -0.4 is 5.32 Å². The van der Waals surface area contributed by atoms with Crippen molar-refractivity contribution in [1.82, 2.24) is 20.2 Å². The van der Waals surface area contributed by atoms with Gasteiger partial charge in [-0.1, -0.05) is 37.3 Å². The van der Waals surface area contributed by atoms with Gasteiger partial charge < -0.3 is 10.4 Å². The summed E-state index contributed by atoms with van der Waals surface area (Å²) in [6.07, 6.45) is 8.43. The van der Waals surface area contributed by atoms with Crippen LogP contribution in [-0.2, 0) is 37.5 Å². The van der Waals surface area contributed by atoms with Crippen LogP contribution >= 0.6 is 0 Å². The van der Waals surface area contributed by atoms with Crippen LogP contribution in [0.3, 0.4) is 0 Å². The maximum atomic E-state index is 11.9. The van der Waals surface area contributed by atoms with Crippen LogP contribution in [0.1, 0.15) is 83.4 Å². The Balaban J connectivity index is 1.62. The monoisotopic (exact) mass is 486 g/mol. The Labute approximate surface area is 214 Å². The smallest absolute Gasteiger partial charge is 0.220 e. The summed E-state index contributed by atoms with van der Waals surface area (Å²) in [5.74, 6) is 0.0581. The lowest BCUT2D eigenvalue weighted by atomic mass is 9.90. The zero-order chi connectivity index (χ0) is 25.5. The Bertz CT molecular complexity index is 1190. The summed E-state index contributed by atoms with van der Waals surface area (Å²) in [5.41, 5.74) is 8.90. The number of benzene rings is 1. The number of fused-ring (bicyclic) bond motifs is 1. The third kappa shape index (κ3) is 6.37. The predicted molar refractivity (Wildman–Crippen MR) is 142 cm³/mol. The molecule has 0 bridgehead atoms. The van der Waals surface area contributed by atoms with E-state index < -0.39 is 0 Å². The van der Waals surface area contributed by atoms with Crippen molar-refractivity contribution >= 4 is 5.91 Å². The molecule has 2 heterocycles. The molecular formula is C30H38N4O2. The molecular weight excluding hydrogens is 448 g/mol. The Morgan fingerprint density at radius 1 is 1.14 bits per heavy atom. The molecule has 1 unspecified atom stereocenters. The van der Waals surface area contributed by atoms with Crippen molar-refractivity contribution in [3.05, 3.63) is 93.6 Å². The molecule has 1 aliphatic carbocycles. The van der Waals surface area contributed by atoms with Gasteiger partial charge >= 0.3 is 0 Å². The average molecular weight is 487 g/mol. The minimum atomic E-state index is -0.0404. The molecule has 3 aromatic rings. The highest BCUT2D eigenvalue weighted by molar-refractivity contribution is 5.75. The second kappa shape index (κ2) is 12.2. The van der Waals surface area contributed by atoms with Crippen LogP contribution in [0.2, 0.25) is 0 Å². The highest BCUT2D eigenvalue weighted by atomic mass is 16.3. The first-order valence-corrected chi connectivity index (χ1v) is 13.1. The minimum Gasteiger partial charge on any atom is -0.392 e. The summed E-state index contributed by atoms with van der Waals surface area (Å²) in [7, 11) is 0. The van der Waals surface area contributed by atoms with Crippen LogP contribution in [0.4, 0.5) is 0 Å². The van der Waals surface area contributed by atoms with Gasteiger partial charge in [0, 0.05) is 38.4 Å². The molecule has 6 heteroatoms. The lowest BCUT2D eigenvalue weighted by molar-refractivity contribution is -0.121. The summed E-state index contributed by atoms with van der Waals surface area (Å²) >= 11 is 0. The number of aryl methyl sites for hydroxylation is 3. The Hall–Kier alpha value is -3.09. The van der Waals surface area contributed by atoms with Crippen molar-refractivity contribution in [2.24, 2.45) is 0 Å². The number of rotatable bonds is 10. The van der Waals surface area contributed by atoms with Gasteiger partial charge in [0.25, 0.3) is 0 Å². The molecule has 6 nitrogen and oxygen atoms in total. The Morgan fingerprint density at radius 3 is 2.78 bits per heavy atom. The quantitative estimate of drug-likeness (QED) is 0.418. The zero-order valence-corrected chi connectivity index (χ0v) is 21.8. The molecule has 0 saturated heterocycles. The number of carbonyl (C=O) groups excluding carboxylic acids is 1. The van der Waals surface area contributed by atoms with Crippen LogP contribution in [0.25, 0.3) is 0 Å². The summed E-state index contributed by atoms with van der Waals surface area (Å²) in [6.45, 7) is 8.03. The van der Waals surface area contributed by atoms with Crippen LogP contribution in [0.15, 0.2) is 48.8 Å². The number of nitrogens with one attached hydrogen (secondary N) is 1. The molecule has 0 aliphatic heterocycles. The molecule has 0 radical (unpaired) electrons. The van der Waals surface area contributed by atoms with Gasteiger partial charge in [-0.05, 0) is 79.0 Å². The fourth-order valence-corrected chi connectivity index (χ4v) is 5.14. The van der Waals surface area contributed by atoms with E-state index in [4.69, 9.17) is 9.97 Å². The standard InChI is InChI=1S/C30H38N4O2/c1-4-7-29(36)33-17-23-11-12-25(26(15-23)20-35)18-34(19-27-22(3)14-21(2)16-32-27)28-10-5-8-24-9-6-13-31-30(24)28/h6,9,11-16,28,35H,4-5,7-8,10,17-20H2,1-3H3,(H,33,36). The second-order valence-corrected chi connectivity index (χ2v) is 9.92.